The van der Waals surface area contributed by atoms with E-state index < -0.39 is 6.10 Å². The van der Waals surface area contributed by atoms with E-state index in [9.17, 15) is 5.11 Å². The number of hydrogen-bond donors (Lipinski definition) is 1. The Labute approximate surface area is 96.9 Å². The fourth-order valence-corrected chi connectivity index (χ4v) is 1.31. The summed E-state index contributed by atoms with van der Waals surface area (Å²) < 4.78 is 5.42. The van der Waals surface area contributed by atoms with E-state index in [0.29, 0.717) is 13.2 Å². The van der Waals surface area contributed by atoms with Gasteiger partial charge in [-0.1, -0.05) is 30.3 Å². The summed E-state index contributed by atoms with van der Waals surface area (Å²) in [7, 11) is 0. The zero-order chi connectivity index (χ0) is 11.8. The number of rotatable bonds is 5. The molecule has 0 unspecified atom stereocenters. The van der Waals surface area contributed by atoms with E-state index in [-0.39, 0.29) is 0 Å². The third-order valence-corrected chi connectivity index (χ3v) is 2.26. The largest absolute Gasteiger partial charge is 0.386 e. The molecule has 0 aliphatic rings. The van der Waals surface area contributed by atoms with E-state index in [4.69, 9.17) is 4.74 Å². The van der Waals surface area contributed by atoms with Gasteiger partial charge in [-0.25, -0.2) is 0 Å². The lowest BCUT2D eigenvalue weighted by Crippen LogP contribution is -2.16. The average molecular weight is 218 g/mol. The summed E-state index contributed by atoms with van der Waals surface area (Å²) in [6, 6.07) is 9.92. The van der Waals surface area contributed by atoms with Crippen LogP contribution in [-0.2, 0) is 11.3 Å². The van der Waals surface area contributed by atoms with Crippen LogP contribution in [0.5, 0.6) is 0 Å². The molecule has 0 aromatic heterocycles. The summed E-state index contributed by atoms with van der Waals surface area (Å²) in [5.41, 5.74) is 4.87. The van der Waals surface area contributed by atoms with E-state index in [1.54, 1.807) is 6.08 Å². The van der Waals surface area contributed by atoms with E-state index in [1.165, 1.54) is 0 Å². The van der Waals surface area contributed by atoms with Crippen molar-refractivity contribution in [1.29, 1.82) is 0 Å². The molecule has 16 heavy (non-hydrogen) atoms. The van der Waals surface area contributed by atoms with Gasteiger partial charge in [0.15, 0.2) is 0 Å². The predicted molar refractivity (Wildman–Crippen MR) is 65.0 cm³/mol. The van der Waals surface area contributed by atoms with Crippen molar-refractivity contribution in [2.75, 3.05) is 6.61 Å². The van der Waals surface area contributed by atoms with Crippen LogP contribution in [0.25, 0.3) is 0 Å². The Hall–Kier alpha value is -1.34. The Kier molecular flexibility index (Phi) is 5.58. The van der Waals surface area contributed by atoms with Gasteiger partial charge in [0.2, 0.25) is 0 Å². The highest BCUT2D eigenvalue weighted by Gasteiger charge is 2.05. The van der Waals surface area contributed by atoms with E-state index in [0.717, 1.165) is 11.1 Å². The molecule has 0 saturated heterocycles. The molecule has 0 amide bonds. The van der Waals surface area contributed by atoms with Gasteiger partial charge in [0, 0.05) is 0 Å². The lowest BCUT2D eigenvalue weighted by molar-refractivity contribution is 0.0454. The van der Waals surface area contributed by atoms with Crippen molar-refractivity contribution in [2.24, 2.45) is 0 Å². The van der Waals surface area contributed by atoms with Crippen LogP contribution in [0.15, 0.2) is 47.7 Å². The van der Waals surface area contributed by atoms with Crippen LogP contribution in [0.3, 0.4) is 0 Å². The van der Waals surface area contributed by atoms with Gasteiger partial charge in [0.05, 0.1) is 13.2 Å². The summed E-state index contributed by atoms with van der Waals surface area (Å²) >= 11 is 0. The number of aliphatic hydroxyl groups is 1. The minimum Gasteiger partial charge on any atom is -0.386 e. The van der Waals surface area contributed by atoms with Crippen LogP contribution in [-0.4, -0.2) is 17.8 Å². The van der Waals surface area contributed by atoms with Gasteiger partial charge in [0.1, 0.15) is 6.10 Å². The molecule has 0 fully saturated rings. The Morgan fingerprint density at radius 3 is 2.75 bits per heavy atom. The van der Waals surface area contributed by atoms with Crippen LogP contribution >= 0.6 is 0 Å². The summed E-state index contributed by atoms with van der Waals surface area (Å²) in [4.78, 5) is 0. The van der Waals surface area contributed by atoms with Gasteiger partial charge in [-0.05, 0) is 31.1 Å². The molecule has 1 rings (SSSR count). The van der Waals surface area contributed by atoms with Gasteiger partial charge in [-0.2, -0.15) is 0 Å². The second-order valence-corrected chi connectivity index (χ2v) is 3.63. The van der Waals surface area contributed by atoms with Crippen molar-refractivity contribution in [2.45, 2.75) is 26.6 Å². The average Bonchev–Trinajstić information content (AvgIpc) is 2.30. The number of benzene rings is 1. The zero-order valence-corrected chi connectivity index (χ0v) is 9.81. The van der Waals surface area contributed by atoms with Crippen molar-refractivity contribution in [3.63, 3.8) is 0 Å². The lowest BCUT2D eigenvalue weighted by Gasteiger charge is -2.10. The molecule has 0 heterocycles. The summed E-state index contributed by atoms with van der Waals surface area (Å²) in [6.07, 6.45) is 1.22. The molecule has 0 spiro atoms. The molecule has 1 N–H and O–H groups in total. The molecule has 0 radical (unpaired) electrons. The normalized spacial score (nSPS) is 11.7. The van der Waals surface area contributed by atoms with Crippen LogP contribution in [0, 0.1) is 0 Å². The van der Waals surface area contributed by atoms with Gasteiger partial charge in [-0.3, -0.25) is 0 Å². The van der Waals surface area contributed by atoms with Crippen molar-refractivity contribution < 1.29 is 9.84 Å². The standard InChI is InChI=1S/C14H18O2/c1-3-7-12(2)14(15)11-16-10-13-8-5-4-6-9-13/h3-6,8-9,14-15H,10-11H2,1-2H3/t7?,14-/m0/s1. The fourth-order valence-electron chi connectivity index (χ4n) is 1.31. The fraction of sp³-hybridized carbons (Fsp3) is 0.357. The Bertz CT molecular complexity index is 362. The number of aliphatic hydroxyl groups excluding tert-OH is 1. The first-order chi connectivity index (χ1) is 7.74. The first-order valence-corrected chi connectivity index (χ1v) is 5.41. The number of ether oxygens (including phenoxy) is 1. The first kappa shape index (κ1) is 12.7. The van der Waals surface area contributed by atoms with Gasteiger partial charge >= 0.3 is 0 Å². The second kappa shape index (κ2) is 7.02. The zero-order valence-electron chi connectivity index (χ0n) is 9.81. The van der Waals surface area contributed by atoms with Crippen LogP contribution in [0.4, 0.5) is 0 Å². The lowest BCUT2D eigenvalue weighted by atomic mass is 10.2. The first-order valence-electron chi connectivity index (χ1n) is 5.41. The maximum Gasteiger partial charge on any atom is 0.105 e. The highest BCUT2D eigenvalue weighted by molar-refractivity contribution is 5.13. The second-order valence-electron chi connectivity index (χ2n) is 3.63. The third kappa shape index (κ3) is 4.45. The van der Waals surface area contributed by atoms with E-state index in [1.807, 2.05) is 44.2 Å². The van der Waals surface area contributed by atoms with E-state index >= 15 is 0 Å². The minimum absolute atomic E-state index is 0.307. The third-order valence-electron chi connectivity index (χ3n) is 2.26. The molecule has 0 aliphatic carbocycles. The summed E-state index contributed by atoms with van der Waals surface area (Å²) in [5, 5.41) is 9.68. The Balaban J connectivity index is 2.34. The van der Waals surface area contributed by atoms with Crippen LogP contribution in [0.1, 0.15) is 19.4 Å². The van der Waals surface area contributed by atoms with Crippen molar-refractivity contribution in [3.8, 4) is 0 Å². The molecular weight excluding hydrogens is 200 g/mol. The molecule has 86 valence electrons. The summed E-state index contributed by atoms with van der Waals surface area (Å²) in [5.74, 6) is 0. The summed E-state index contributed by atoms with van der Waals surface area (Å²) in [6.45, 7) is 4.56. The maximum atomic E-state index is 9.68. The quantitative estimate of drug-likeness (QED) is 0.770. The smallest absolute Gasteiger partial charge is 0.105 e. The van der Waals surface area contributed by atoms with Gasteiger partial charge in [0.25, 0.3) is 0 Å². The molecule has 0 aliphatic heterocycles. The van der Waals surface area contributed by atoms with Crippen LogP contribution < -0.4 is 0 Å². The molecule has 2 nitrogen and oxygen atoms in total. The highest BCUT2D eigenvalue weighted by atomic mass is 16.5. The van der Waals surface area contributed by atoms with Crippen molar-refractivity contribution in [1.82, 2.24) is 0 Å². The Morgan fingerprint density at radius 1 is 1.44 bits per heavy atom. The Morgan fingerprint density at radius 2 is 2.12 bits per heavy atom. The van der Waals surface area contributed by atoms with Crippen molar-refractivity contribution in [3.05, 3.63) is 53.3 Å². The molecule has 0 saturated carbocycles. The number of hydrogen-bond acceptors (Lipinski definition) is 2. The molecule has 1 aromatic rings. The monoisotopic (exact) mass is 218 g/mol. The van der Waals surface area contributed by atoms with Crippen LogP contribution in [0.2, 0.25) is 0 Å². The minimum atomic E-state index is -0.570. The van der Waals surface area contributed by atoms with Gasteiger partial charge < -0.3 is 9.84 Å². The molecule has 0 bridgehead atoms. The maximum absolute atomic E-state index is 9.68. The highest BCUT2D eigenvalue weighted by Crippen LogP contribution is 2.04. The predicted octanol–water partition coefficient (Wildman–Crippen LogP) is 2.69. The molecule has 2 heteroatoms. The van der Waals surface area contributed by atoms with Gasteiger partial charge in [-0.15, -0.1) is 5.73 Å². The molecule has 1 aromatic carbocycles. The topological polar surface area (TPSA) is 29.5 Å². The molecular formula is C14H18O2. The van der Waals surface area contributed by atoms with Crippen molar-refractivity contribution >= 4 is 0 Å². The van der Waals surface area contributed by atoms with E-state index in [2.05, 4.69) is 5.73 Å². The SMILES string of the molecule is CC=C=C(C)[C@@H](O)COCc1ccccc1. The molecule has 1 atom stereocenters.